The number of hydrogen-bond acceptors (Lipinski definition) is 6. The minimum Gasteiger partial charge on any atom is -0.454 e. The largest absolute Gasteiger partial charge is 0.454 e. The Hall–Kier alpha value is -4.15. The van der Waals surface area contributed by atoms with Crippen molar-refractivity contribution < 1.29 is 23.5 Å². The van der Waals surface area contributed by atoms with Crippen LogP contribution in [0, 0.1) is 5.82 Å². The molecule has 1 saturated heterocycles. The minimum atomic E-state index is -0.523. The van der Waals surface area contributed by atoms with E-state index < -0.39 is 11.7 Å². The standard InChI is InChI=1S/C27H18FN3O4S2/c28-19-6-2-4-8-21(19)31-26(33)24(37-27(31)36)11-16-13-30(20-7-3-1-5-18(16)20)14-25(32)29-17-9-10-22-23(12-17)35-15-34-22/h1-13H,14-15H2,(H,29,32)/b24-11+. The molecule has 37 heavy (non-hydrogen) atoms. The van der Waals surface area contributed by atoms with Crippen molar-refractivity contribution in [3.8, 4) is 11.5 Å². The van der Waals surface area contributed by atoms with Crippen molar-refractivity contribution >= 4 is 68.5 Å². The number of anilines is 2. The van der Waals surface area contributed by atoms with E-state index in [4.69, 9.17) is 21.7 Å². The van der Waals surface area contributed by atoms with Crippen LogP contribution in [0.15, 0.2) is 77.8 Å². The zero-order chi connectivity index (χ0) is 25.5. The summed E-state index contributed by atoms with van der Waals surface area (Å²) in [7, 11) is 0. The van der Waals surface area contributed by atoms with Gasteiger partial charge < -0.3 is 19.4 Å². The van der Waals surface area contributed by atoms with Crippen LogP contribution in [0.1, 0.15) is 5.56 Å². The molecule has 2 aliphatic heterocycles. The molecule has 1 fully saturated rings. The van der Waals surface area contributed by atoms with E-state index in [0.717, 1.165) is 28.2 Å². The number of nitrogens with zero attached hydrogens (tertiary/aromatic N) is 2. The van der Waals surface area contributed by atoms with Crippen molar-refractivity contribution in [1.82, 2.24) is 4.57 Å². The van der Waals surface area contributed by atoms with Crippen LogP contribution in [0.25, 0.3) is 17.0 Å². The summed E-state index contributed by atoms with van der Waals surface area (Å²) in [5.41, 5.74) is 2.30. The number of halogens is 1. The zero-order valence-electron chi connectivity index (χ0n) is 19.1. The van der Waals surface area contributed by atoms with Crippen molar-refractivity contribution in [2.75, 3.05) is 17.0 Å². The summed E-state index contributed by atoms with van der Waals surface area (Å²) in [4.78, 5) is 27.6. The molecule has 7 nitrogen and oxygen atoms in total. The number of carbonyl (C=O) groups excluding carboxylic acids is 2. The number of nitrogens with one attached hydrogen (secondary N) is 1. The van der Waals surface area contributed by atoms with E-state index >= 15 is 0 Å². The Balaban J connectivity index is 1.27. The second-order valence-corrected chi connectivity index (χ2v) is 9.99. The third-order valence-corrected chi connectivity index (χ3v) is 7.27. The Labute approximate surface area is 220 Å². The minimum absolute atomic E-state index is 0.0545. The van der Waals surface area contributed by atoms with Gasteiger partial charge in [-0.1, -0.05) is 54.3 Å². The lowest BCUT2D eigenvalue weighted by molar-refractivity contribution is -0.116. The van der Waals surface area contributed by atoms with Gasteiger partial charge in [-0.2, -0.15) is 0 Å². The molecule has 0 radical (unpaired) electrons. The fourth-order valence-electron chi connectivity index (χ4n) is 4.30. The Bertz CT molecular complexity index is 1630. The van der Waals surface area contributed by atoms with Gasteiger partial charge in [-0.3, -0.25) is 14.5 Å². The van der Waals surface area contributed by atoms with Crippen LogP contribution < -0.4 is 19.7 Å². The molecule has 4 aromatic rings. The highest BCUT2D eigenvalue weighted by Crippen LogP contribution is 2.38. The molecule has 10 heteroatoms. The molecule has 184 valence electrons. The summed E-state index contributed by atoms with van der Waals surface area (Å²) in [5, 5.41) is 3.75. The van der Waals surface area contributed by atoms with E-state index in [1.165, 1.54) is 17.0 Å². The predicted molar refractivity (Wildman–Crippen MR) is 145 cm³/mol. The van der Waals surface area contributed by atoms with E-state index in [2.05, 4.69) is 5.32 Å². The number of thioether (sulfide) groups is 1. The predicted octanol–water partition coefficient (Wildman–Crippen LogP) is 5.55. The van der Waals surface area contributed by atoms with Crippen LogP contribution in [0.2, 0.25) is 0 Å². The topological polar surface area (TPSA) is 72.8 Å². The maximum atomic E-state index is 14.4. The van der Waals surface area contributed by atoms with Gasteiger partial charge in [0, 0.05) is 34.4 Å². The Morgan fingerprint density at radius 2 is 1.86 bits per heavy atom. The first-order valence-corrected chi connectivity index (χ1v) is 12.5. The summed E-state index contributed by atoms with van der Waals surface area (Å²) in [5.74, 6) is 0.0818. The second-order valence-electron chi connectivity index (χ2n) is 8.31. The van der Waals surface area contributed by atoms with E-state index in [-0.39, 0.29) is 29.3 Å². The molecule has 0 bridgehead atoms. The first-order chi connectivity index (χ1) is 18.0. The average molecular weight is 532 g/mol. The van der Waals surface area contributed by atoms with Crippen molar-refractivity contribution in [2.24, 2.45) is 0 Å². The number of fused-ring (bicyclic) bond motifs is 2. The summed E-state index contributed by atoms with van der Waals surface area (Å²) in [6.45, 7) is 0.211. The van der Waals surface area contributed by atoms with Crippen LogP contribution >= 0.6 is 24.0 Å². The first-order valence-electron chi connectivity index (χ1n) is 11.3. The number of benzene rings is 3. The van der Waals surface area contributed by atoms with Gasteiger partial charge in [0.05, 0.1) is 10.6 Å². The molecule has 3 heterocycles. The van der Waals surface area contributed by atoms with Crippen LogP contribution in [0.5, 0.6) is 11.5 Å². The molecule has 6 rings (SSSR count). The van der Waals surface area contributed by atoms with Crippen molar-refractivity contribution in [1.29, 1.82) is 0 Å². The quantitative estimate of drug-likeness (QED) is 0.269. The lowest BCUT2D eigenvalue weighted by atomic mass is 10.1. The summed E-state index contributed by atoms with van der Waals surface area (Å²) >= 11 is 6.50. The molecule has 2 amide bonds. The number of carbonyl (C=O) groups is 2. The summed E-state index contributed by atoms with van der Waals surface area (Å²) < 4.78 is 27.1. The van der Waals surface area contributed by atoms with Gasteiger partial charge in [0.2, 0.25) is 12.7 Å². The number of aromatic nitrogens is 1. The maximum Gasteiger partial charge on any atom is 0.270 e. The third-order valence-electron chi connectivity index (χ3n) is 5.96. The highest BCUT2D eigenvalue weighted by molar-refractivity contribution is 8.27. The normalized spacial score (nSPS) is 15.7. The number of ether oxygens (including phenoxy) is 2. The Morgan fingerprint density at radius 3 is 2.73 bits per heavy atom. The molecule has 1 N–H and O–H groups in total. The van der Waals surface area contributed by atoms with Crippen LogP contribution in [0.4, 0.5) is 15.8 Å². The van der Waals surface area contributed by atoms with E-state index in [1.807, 2.05) is 35.0 Å². The van der Waals surface area contributed by atoms with Gasteiger partial charge in [0.25, 0.3) is 5.91 Å². The number of thiocarbonyl (C=S) groups is 1. The SMILES string of the molecule is O=C(Cn1cc(/C=C2/SC(=S)N(c3ccccc3F)C2=O)c2ccccc21)Nc1ccc2c(c1)OCO2. The molecule has 0 aliphatic carbocycles. The van der Waals surface area contributed by atoms with Crippen molar-refractivity contribution in [3.63, 3.8) is 0 Å². The van der Waals surface area contributed by atoms with Crippen molar-refractivity contribution in [3.05, 3.63) is 89.2 Å². The molecule has 0 unspecified atom stereocenters. The van der Waals surface area contributed by atoms with Crippen LogP contribution in [-0.2, 0) is 16.1 Å². The fourth-order valence-corrected chi connectivity index (χ4v) is 5.58. The summed E-state index contributed by atoms with van der Waals surface area (Å²) in [6, 6.07) is 18.9. The maximum absolute atomic E-state index is 14.4. The van der Waals surface area contributed by atoms with Gasteiger partial charge >= 0.3 is 0 Å². The molecular weight excluding hydrogens is 513 g/mol. The Kier molecular flexibility index (Phi) is 5.90. The van der Waals surface area contributed by atoms with Gasteiger partial charge in [-0.15, -0.1) is 0 Å². The van der Waals surface area contributed by atoms with Crippen LogP contribution in [0.3, 0.4) is 0 Å². The van der Waals surface area contributed by atoms with E-state index in [9.17, 15) is 14.0 Å². The third kappa shape index (κ3) is 4.34. The monoisotopic (exact) mass is 531 g/mol. The first kappa shape index (κ1) is 23.3. The van der Waals surface area contributed by atoms with Crippen molar-refractivity contribution in [2.45, 2.75) is 6.54 Å². The molecular formula is C27H18FN3O4S2. The van der Waals surface area contributed by atoms with Gasteiger partial charge in [0.15, 0.2) is 15.8 Å². The molecule has 0 saturated carbocycles. The van der Waals surface area contributed by atoms with E-state index in [1.54, 1.807) is 36.4 Å². The molecule has 2 aliphatic rings. The molecule has 1 aromatic heterocycles. The number of amides is 2. The zero-order valence-corrected chi connectivity index (χ0v) is 20.8. The lowest BCUT2D eigenvalue weighted by Crippen LogP contribution is -2.28. The molecule has 0 spiro atoms. The smallest absolute Gasteiger partial charge is 0.270 e. The fraction of sp³-hybridized carbons (Fsp3) is 0.0741. The second kappa shape index (κ2) is 9.38. The van der Waals surface area contributed by atoms with E-state index in [0.29, 0.717) is 22.1 Å². The number of hydrogen-bond donors (Lipinski definition) is 1. The highest BCUT2D eigenvalue weighted by atomic mass is 32.2. The molecule has 0 atom stereocenters. The van der Waals surface area contributed by atoms with Gasteiger partial charge in [-0.25, -0.2) is 4.39 Å². The van der Waals surface area contributed by atoms with Gasteiger partial charge in [-0.05, 0) is 36.4 Å². The van der Waals surface area contributed by atoms with Gasteiger partial charge in [0.1, 0.15) is 12.4 Å². The highest BCUT2D eigenvalue weighted by Gasteiger charge is 2.35. The Morgan fingerprint density at radius 1 is 1.08 bits per heavy atom. The van der Waals surface area contributed by atoms with Crippen LogP contribution in [-0.4, -0.2) is 27.5 Å². The molecule has 3 aromatic carbocycles. The number of para-hydroxylation sites is 2. The average Bonchev–Trinajstić information content (AvgIpc) is 3.56. The lowest BCUT2D eigenvalue weighted by Gasteiger charge is -2.14. The number of rotatable bonds is 5. The summed E-state index contributed by atoms with van der Waals surface area (Å²) in [6.07, 6.45) is 3.55.